The van der Waals surface area contributed by atoms with Crippen LogP contribution in [0.4, 0.5) is 5.95 Å². The number of hydrogen-bond acceptors (Lipinski definition) is 3. The smallest absolute Gasteiger partial charge is 0.202 e. The first-order valence-corrected chi connectivity index (χ1v) is 7.14. The van der Waals surface area contributed by atoms with E-state index in [0.29, 0.717) is 12.1 Å². The highest BCUT2D eigenvalue weighted by Crippen LogP contribution is 2.23. The zero-order chi connectivity index (χ0) is 13.0. The van der Waals surface area contributed by atoms with Gasteiger partial charge < -0.3 is 14.8 Å². The van der Waals surface area contributed by atoms with E-state index in [1.54, 1.807) is 0 Å². The number of aryl methyl sites for hydroxylation is 1. The van der Waals surface area contributed by atoms with Crippen LogP contribution < -0.4 is 5.32 Å². The molecular formula is C14H26N4. The molecule has 102 valence electrons. The Kier molecular flexibility index (Phi) is 4.64. The number of anilines is 1. The summed E-state index contributed by atoms with van der Waals surface area (Å²) >= 11 is 0. The maximum absolute atomic E-state index is 4.38. The van der Waals surface area contributed by atoms with Crippen molar-refractivity contribution in [3.05, 3.63) is 12.4 Å². The predicted octanol–water partition coefficient (Wildman–Crippen LogP) is 2.58. The topological polar surface area (TPSA) is 33.1 Å². The monoisotopic (exact) mass is 250 g/mol. The Bertz CT molecular complexity index is 354. The minimum absolute atomic E-state index is 0.644. The molecule has 0 bridgehead atoms. The lowest BCUT2D eigenvalue weighted by atomic mass is 10.2. The summed E-state index contributed by atoms with van der Waals surface area (Å²) in [5.41, 5.74) is 0. The summed E-state index contributed by atoms with van der Waals surface area (Å²) in [6, 6.07) is 1.32. The van der Waals surface area contributed by atoms with E-state index >= 15 is 0 Å². The van der Waals surface area contributed by atoms with Gasteiger partial charge in [0.05, 0.1) is 0 Å². The second kappa shape index (κ2) is 6.23. The number of nitrogens with one attached hydrogen (secondary N) is 1. The molecule has 0 saturated heterocycles. The largest absolute Gasteiger partial charge is 0.353 e. The third kappa shape index (κ3) is 4.02. The molecule has 0 atom stereocenters. The maximum atomic E-state index is 4.38. The van der Waals surface area contributed by atoms with E-state index in [-0.39, 0.29) is 0 Å². The molecule has 4 heteroatoms. The minimum atomic E-state index is 0.644. The van der Waals surface area contributed by atoms with Crippen molar-refractivity contribution in [1.29, 1.82) is 0 Å². The molecule has 0 amide bonds. The highest BCUT2D eigenvalue weighted by atomic mass is 15.2. The zero-order valence-corrected chi connectivity index (χ0v) is 11.9. The van der Waals surface area contributed by atoms with Crippen molar-refractivity contribution < 1.29 is 0 Å². The fourth-order valence-electron chi connectivity index (χ4n) is 1.94. The summed E-state index contributed by atoms with van der Waals surface area (Å²) in [4.78, 5) is 6.78. The SMILES string of the molecule is CC(C)N(C)CCCCn1ccnc1NC1CC1. The highest BCUT2D eigenvalue weighted by Gasteiger charge is 2.22. The fourth-order valence-corrected chi connectivity index (χ4v) is 1.94. The van der Waals surface area contributed by atoms with Crippen LogP contribution in [0.2, 0.25) is 0 Å². The number of unbranched alkanes of at least 4 members (excludes halogenated alkanes) is 1. The molecular weight excluding hydrogens is 224 g/mol. The lowest BCUT2D eigenvalue weighted by molar-refractivity contribution is 0.266. The molecule has 1 fully saturated rings. The third-order valence-corrected chi connectivity index (χ3v) is 3.67. The van der Waals surface area contributed by atoms with Crippen LogP contribution in [0.15, 0.2) is 12.4 Å². The summed E-state index contributed by atoms with van der Waals surface area (Å²) in [7, 11) is 2.20. The Balaban J connectivity index is 1.68. The molecule has 2 rings (SSSR count). The van der Waals surface area contributed by atoms with Crippen LogP contribution in [0.25, 0.3) is 0 Å². The van der Waals surface area contributed by atoms with Gasteiger partial charge in [-0.3, -0.25) is 0 Å². The van der Waals surface area contributed by atoms with Gasteiger partial charge in [-0.1, -0.05) is 0 Å². The van der Waals surface area contributed by atoms with Crippen molar-refractivity contribution in [2.45, 2.75) is 58.2 Å². The Morgan fingerprint density at radius 2 is 2.22 bits per heavy atom. The van der Waals surface area contributed by atoms with E-state index in [2.05, 4.69) is 46.9 Å². The van der Waals surface area contributed by atoms with Gasteiger partial charge in [0.25, 0.3) is 0 Å². The zero-order valence-electron chi connectivity index (χ0n) is 11.9. The van der Waals surface area contributed by atoms with E-state index in [4.69, 9.17) is 0 Å². The molecule has 1 N–H and O–H groups in total. The molecule has 1 heterocycles. The number of rotatable bonds is 8. The van der Waals surface area contributed by atoms with Gasteiger partial charge >= 0.3 is 0 Å². The molecule has 1 aromatic heterocycles. The van der Waals surface area contributed by atoms with E-state index in [9.17, 15) is 0 Å². The molecule has 1 saturated carbocycles. The first-order valence-electron chi connectivity index (χ1n) is 7.14. The first kappa shape index (κ1) is 13.4. The van der Waals surface area contributed by atoms with Crippen LogP contribution >= 0.6 is 0 Å². The summed E-state index contributed by atoms with van der Waals surface area (Å²) in [6.07, 6.45) is 9.03. The fraction of sp³-hybridized carbons (Fsp3) is 0.786. The van der Waals surface area contributed by atoms with E-state index < -0.39 is 0 Å². The Labute approximate surface area is 110 Å². The Morgan fingerprint density at radius 1 is 1.44 bits per heavy atom. The summed E-state index contributed by atoms with van der Waals surface area (Å²) in [5, 5.41) is 3.47. The standard InChI is InChI=1S/C14H26N4/c1-12(2)17(3)9-4-5-10-18-11-8-15-14(18)16-13-6-7-13/h8,11-13H,4-7,9-10H2,1-3H3,(H,15,16). The van der Waals surface area contributed by atoms with Gasteiger partial charge in [-0.15, -0.1) is 0 Å². The van der Waals surface area contributed by atoms with Gasteiger partial charge in [-0.2, -0.15) is 0 Å². The minimum Gasteiger partial charge on any atom is -0.353 e. The number of hydrogen-bond donors (Lipinski definition) is 1. The van der Waals surface area contributed by atoms with E-state index in [1.165, 1.54) is 32.2 Å². The Hall–Kier alpha value is -1.03. The quantitative estimate of drug-likeness (QED) is 0.720. The molecule has 0 spiro atoms. The van der Waals surface area contributed by atoms with E-state index in [1.807, 2.05) is 6.20 Å². The first-order chi connectivity index (χ1) is 8.66. The van der Waals surface area contributed by atoms with E-state index in [0.717, 1.165) is 12.5 Å². The molecule has 1 aliphatic rings. The third-order valence-electron chi connectivity index (χ3n) is 3.67. The van der Waals surface area contributed by atoms with Crippen molar-refractivity contribution in [3.8, 4) is 0 Å². The molecule has 0 radical (unpaired) electrons. The van der Waals surface area contributed by atoms with Crippen LogP contribution in [0.1, 0.15) is 39.5 Å². The second-order valence-electron chi connectivity index (χ2n) is 5.64. The predicted molar refractivity (Wildman–Crippen MR) is 75.9 cm³/mol. The number of nitrogens with zero attached hydrogens (tertiary/aromatic N) is 3. The average Bonchev–Trinajstić information content (AvgIpc) is 3.04. The molecule has 18 heavy (non-hydrogen) atoms. The maximum Gasteiger partial charge on any atom is 0.202 e. The summed E-state index contributed by atoms with van der Waals surface area (Å²) in [6.45, 7) is 6.74. The molecule has 0 aliphatic heterocycles. The van der Waals surface area contributed by atoms with Gasteiger partial charge in [0.2, 0.25) is 5.95 Å². The van der Waals surface area contributed by atoms with Gasteiger partial charge in [0.15, 0.2) is 0 Å². The molecule has 0 aromatic carbocycles. The van der Waals surface area contributed by atoms with Crippen molar-refractivity contribution >= 4 is 5.95 Å². The van der Waals surface area contributed by atoms with Gasteiger partial charge in [0, 0.05) is 31.0 Å². The van der Waals surface area contributed by atoms with Crippen LogP contribution in [0.5, 0.6) is 0 Å². The average molecular weight is 250 g/mol. The normalized spacial score (nSPS) is 15.6. The van der Waals surface area contributed by atoms with Crippen molar-refractivity contribution in [3.63, 3.8) is 0 Å². The number of aromatic nitrogens is 2. The second-order valence-corrected chi connectivity index (χ2v) is 5.64. The van der Waals surface area contributed by atoms with Crippen LogP contribution in [0.3, 0.4) is 0 Å². The lowest BCUT2D eigenvalue weighted by Crippen LogP contribution is -2.27. The van der Waals surface area contributed by atoms with Crippen molar-refractivity contribution in [1.82, 2.24) is 14.5 Å². The van der Waals surface area contributed by atoms with Crippen molar-refractivity contribution in [2.24, 2.45) is 0 Å². The molecule has 1 aliphatic carbocycles. The van der Waals surface area contributed by atoms with Crippen LogP contribution in [-0.4, -0.2) is 40.1 Å². The van der Waals surface area contributed by atoms with Gasteiger partial charge in [-0.25, -0.2) is 4.98 Å². The lowest BCUT2D eigenvalue weighted by Gasteiger charge is -2.20. The molecule has 1 aromatic rings. The highest BCUT2D eigenvalue weighted by molar-refractivity contribution is 5.29. The molecule has 0 unspecified atom stereocenters. The van der Waals surface area contributed by atoms with Crippen LogP contribution in [-0.2, 0) is 6.54 Å². The van der Waals surface area contributed by atoms with Gasteiger partial charge in [0.1, 0.15) is 0 Å². The summed E-state index contributed by atoms with van der Waals surface area (Å²) in [5.74, 6) is 1.05. The summed E-state index contributed by atoms with van der Waals surface area (Å²) < 4.78 is 2.24. The molecule has 4 nitrogen and oxygen atoms in total. The number of imidazole rings is 1. The Morgan fingerprint density at radius 3 is 2.89 bits per heavy atom. The van der Waals surface area contributed by atoms with Gasteiger partial charge in [-0.05, 0) is 53.1 Å². The van der Waals surface area contributed by atoms with Crippen LogP contribution in [0, 0.1) is 0 Å². The van der Waals surface area contributed by atoms with Crippen molar-refractivity contribution in [2.75, 3.05) is 18.9 Å².